The number of likely N-dealkylation sites (tertiary alicyclic amines) is 1. The van der Waals surface area contributed by atoms with Gasteiger partial charge >= 0.3 is 0 Å². The van der Waals surface area contributed by atoms with Gasteiger partial charge in [-0.1, -0.05) is 0 Å². The Morgan fingerprint density at radius 2 is 2.16 bits per heavy atom. The van der Waals surface area contributed by atoms with Crippen molar-refractivity contribution in [3.8, 4) is 0 Å². The van der Waals surface area contributed by atoms with Gasteiger partial charge in [-0.05, 0) is 28.4 Å². The molecule has 3 heterocycles. The number of nitrogens with zero attached hydrogens (tertiary/aromatic N) is 2. The number of hydrogen-bond acceptors (Lipinski definition) is 3. The molecule has 0 aromatic carbocycles. The topological polar surface area (TPSA) is 43.7 Å². The van der Waals surface area contributed by atoms with Crippen LogP contribution in [0.3, 0.4) is 0 Å². The van der Waals surface area contributed by atoms with E-state index in [2.05, 4.69) is 15.9 Å². The lowest BCUT2D eigenvalue weighted by Crippen LogP contribution is -2.51. The van der Waals surface area contributed by atoms with Crippen LogP contribution in [0.5, 0.6) is 0 Å². The van der Waals surface area contributed by atoms with Crippen LogP contribution in [-0.2, 0) is 16.5 Å². The number of aryl methyl sites for hydroxylation is 1. The van der Waals surface area contributed by atoms with E-state index in [0.29, 0.717) is 25.5 Å². The molecule has 3 rings (SSSR count). The van der Waals surface area contributed by atoms with Gasteiger partial charge in [0.15, 0.2) is 5.79 Å². The van der Waals surface area contributed by atoms with E-state index in [9.17, 15) is 4.79 Å². The smallest absolute Gasteiger partial charge is 0.270 e. The van der Waals surface area contributed by atoms with E-state index < -0.39 is 5.79 Å². The molecule has 1 spiro atoms. The molecular weight excluding hydrogens is 312 g/mol. The minimum atomic E-state index is -0.559. The fourth-order valence-corrected chi connectivity index (χ4v) is 3.32. The standard InChI is InChI=1S/C13H17BrN2O3/c1-15-8-10(14)7-11(15)12(17)16-4-2-3-13(9-16)18-5-6-19-13/h7-8H,2-6,9H2,1H3. The summed E-state index contributed by atoms with van der Waals surface area (Å²) >= 11 is 3.39. The number of carbonyl (C=O) groups is 1. The molecule has 0 unspecified atom stereocenters. The molecule has 0 radical (unpaired) electrons. The molecule has 2 aliphatic heterocycles. The monoisotopic (exact) mass is 328 g/mol. The summed E-state index contributed by atoms with van der Waals surface area (Å²) in [6.45, 7) is 2.53. The van der Waals surface area contributed by atoms with Gasteiger partial charge in [0.1, 0.15) is 5.69 Å². The highest BCUT2D eigenvalue weighted by Crippen LogP contribution is 2.31. The summed E-state index contributed by atoms with van der Waals surface area (Å²) < 4.78 is 14.2. The fourth-order valence-electron chi connectivity index (χ4n) is 2.79. The van der Waals surface area contributed by atoms with Crippen molar-refractivity contribution in [1.29, 1.82) is 0 Å². The second kappa shape index (κ2) is 4.92. The van der Waals surface area contributed by atoms with Gasteiger partial charge in [-0.3, -0.25) is 4.79 Å². The summed E-state index contributed by atoms with van der Waals surface area (Å²) in [5, 5.41) is 0. The number of carbonyl (C=O) groups excluding carboxylic acids is 1. The maximum atomic E-state index is 12.5. The first-order valence-corrected chi connectivity index (χ1v) is 7.28. The van der Waals surface area contributed by atoms with Gasteiger partial charge in [-0.15, -0.1) is 0 Å². The Bertz CT molecular complexity index is 494. The lowest BCUT2D eigenvalue weighted by molar-refractivity contribution is -0.183. The average Bonchev–Trinajstić information content (AvgIpc) is 2.96. The van der Waals surface area contributed by atoms with Crippen LogP contribution in [-0.4, -0.2) is 47.5 Å². The van der Waals surface area contributed by atoms with Crippen molar-refractivity contribution in [3.63, 3.8) is 0 Å². The molecule has 0 aliphatic carbocycles. The summed E-state index contributed by atoms with van der Waals surface area (Å²) in [6, 6.07) is 1.85. The van der Waals surface area contributed by atoms with Crippen LogP contribution >= 0.6 is 15.9 Å². The van der Waals surface area contributed by atoms with E-state index in [0.717, 1.165) is 23.9 Å². The summed E-state index contributed by atoms with van der Waals surface area (Å²) in [6.07, 6.45) is 3.67. The first-order valence-electron chi connectivity index (χ1n) is 6.49. The van der Waals surface area contributed by atoms with Crippen molar-refractivity contribution in [1.82, 2.24) is 9.47 Å². The molecule has 2 aliphatic rings. The molecular formula is C13H17BrN2O3. The van der Waals surface area contributed by atoms with Crippen LogP contribution in [0.25, 0.3) is 0 Å². The van der Waals surface area contributed by atoms with E-state index in [1.54, 1.807) is 0 Å². The minimum absolute atomic E-state index is 0.0337. The van der Waals surface area contributed by atoms with Gasteiger partial charge in [-0.2, -0.15) is 0 Å². The van der Waals surface area contributed by atoms with Gasteiger partial charge in [0.2, 0.25) is 0 Å². The van der Waals surface area contributed by atoms with E-state index in [4.69, 9.17) is 9.47 Å². The fraction of sp³-hybridized carbons (Fsp3) is 0.615. The normalized spacial score (nSPS) is 22.1. The Kier molecular flexibility index (Phi) is 3.41. The third-order valence-corrected chi connectivity index (χ3v) is 4.14. The second-order valence-electron chi connectivity index (χ2n) is 5.09. The van der Waals surface area contributed by atoms with Crippen molar-refractivity contribution in [2.24, 2.45) is 7.05 Å². The number of ether oxygens (including phenoxy) is 2. The number of rotatable bonds is 1. The Labute approximate surface area is 120 Å². The highest BCUT2D eigenvalue weighted by Gasteiger charge is 2.42. The Morgan fingerprint density at radius 3 is 2.79 bits per heavy atom. The van der Waals surface area contributed by atoms with E-state index in [1.807, 2.05) is 28.8 Å². The molecule has 1 aromatic heterocycles. The van der Waals surface area contributed by atoms with Crippen molar-refractivity contribution in [2.75, 3.05) is 26.3 Å². The zero-order valence-electron chi connectivity index (χ0n) is 10.9. The highest BCUT2D eigenvalue weighted by atomic mass is 79.9. The van der Waals surface area contributed by atoms with Crippen molar-refractivity contribution >= 4 is 21.8 Å². The van der Waals surface area contributed by atoms with Crippen LogP contribution < -0.4 is 0 Å². The molecule has 0 saturated carbocycles. The van der Waals surface area contributed by atoms with Gasteiger partial charge in [0.25, 0.3) is 5.91 Å². The molecule has 2 saturated heterocycles. The predicted octanol–water partition coefficient (Wildman–Crippen LogP) is 1.77. The predicted molar refractivity (Wildman–Crippen MR) is 72.9 cm³/mol. The Morgan fingerprint density at radius 1 is 1.42 bits per heavy atom. The lowest BCUT2D eigenvalue weighted by Gasteiger charge is -2.38. The second-order valence-corrected chi connectivity index (χ2v) is 6.01. The number of halogens is 1. The summed E-state index contributed by atoms with van der Waals surface area (Å²) in [5.74, 6) is -0.526. The van der Waals surface area contributed by atoms with Crippen LogP contribution in [0.15, 0.2) is 16.7 Å². The summed E-state index contributed by atoms with van der Waals surface area (Å²) in [5.41, 5.74) is 0.682. The van der Waals surface area contributed by atoms with Crippen LogP contribution in [0, 0.1) is 0 Å². The molecule has 0 atom stereocenters. The molecule has 0 bridgehead atoms. The average molecular weight is 329 g/mol. The van der Waals surface area contributed by atoms with Crippen molar-refractivity contribution in [2.45, 2.75) is 18.6 Å². The van der Waals surface area contributed by atoms with Gasteiger partial charge < -0.3 is 18.9 Å². The number of amides is 1. The zero-order chi connectivity index (χ0) is 13.5. The Balaban J connectivity index is 1.78. The molecule has 5 nitrogen and oxygen atoms in total. The molecule has 19 heavy (non-hydrogen) atoms. The quantitative estimate of drug-likeness (QED) is 0.789. The van der Waals surface area contributed by atoms with Crippen LogP contribution in [0.1, 0.15) is 23.3 Å². The molecule has 0 N–H and O–H groups in total. The molecule has 6 heteroatoms. The molecule has 1 amide bonds. The number of hydrogen-bond donors (Lipinski definition) is 0. The maximum absolute atomic E-state index is 12.5. The third-order valence-electron chi connectivity index (χ3n) is 3.71. The van der Waals surface area contributed by atoms with E-state index in [-0.39, 0.29) is 5.91 Å². The first-order chi connectivity index (χ1) is 9.10. The summed E-state index contributed by atoms with van der Waals surface area (Å²) in [4.78, 5) is 14.4. The molecule has 104 valence electrons. The van der Waals surface area contributed by atoms with Crippen LogP contribution in [0.4, 0.5) is 0 Å². The number of piperidine rings is 1. The van der Waals surface area contributed by atoms with E-state index in [1.165, 1.54) is 0 Å². The zero-order valence-corrected chi connectivity index (χ0v) is 12.5. The van der Waals surface area contributed by atoms with Gasteiger partial charge in [-0.25, -0.2) is 0 Å². The molecule has 2 fully saturated rings. The lowest BCUT2D eigenvalue weighted by atomic mass is 10.0. The minimum Gasteiger partial charge on any atom is -0.346 e. The van der Waals surface area contributed by atoms with E-state index >= 15 is 0 Å². The van der Waals surface area contributed by atoms with Crippen molar-refractivity contribution in [3.05, 3.63) is 22.4 Å². The number of aromatic nitrogens is 1. The summed E-state index contributed by atoms with van der Waals surface area (Å²) in [7, 11) is 1.88. The van der Waals surface area contributed by atoms with Gasteiger partial charge in [0.05, 0.1) is 19.8 Å². The van der Waals surface area contributed by atoms with Crippen LogP contribution in [0.2, 0.25) is 0 Å². The third kappa shape index (κ3) is 2.44. The van der Waals surface area contributed by atoms with Gasteiger partial charge in [0, 0.05) is 30.7 Å². The largest absolute Gasteiger partial charge is 0.346 e. The van der Waals surface area contributed by atoms with Crippen molar-refractivity contribution < 1.29 is 14.3 Å². The highest BCUT2D eigenvalue weighted by molar-refractivity contribution is 9.10. The maximum Gasteiger partial charge on any atom is 0.270 e. The first kappa shape index (κ1) is 13.1. The molecule has 1 aromatic rings. The SMILES string of the molecule is Cn1cc(Br)cc1C(=O)N1CCCC2(C1)OCCO2. The Hall–Kier alpha value is -0.850.